The molecule has 0 bridgehead atoms. The smallest absolute Gasteiger partial charge is 0.336 e. The highest BCUT2D eigenvalue weighted by molar-refractivity contribution is 5.88. The van der Waals surface area contributed by atoms with Gasteiger partial charge in [0.25, 0.3) is 5.91 Å². The summed E-state index contributed by atoms with van der Waals surface area (Å²) < 4.78 is 11.0. The average Bonchev–Trinajstić information content (AvgIpc) is 2.47. The molecule has 1 aliphatic rings. The second kappa shape index (κ2) is 6.04. The maximum atomic E-state index is 12.0. The van der Waals surface area contributed by atoms with Gasteiger partial charge in [0.1, 0.15) is 11.3 Å². The Kier molecular flexibility index (Phi) is 4.09. The average molecular weight is 317 g/mol. The first-order valence-corrected chi connectivity index (χ1v) is 7.64. The van der Waals surface area contributed by atoms with E-state index in [1.165, 1.54) is 6.07 Å². The van der Waals surface area contributed by atoms with Gasteiger partial charge >= 0.3 is 5.63 Å². The lowest BCUT2D eigenvalue weighted by Gasteiger charge is -2.35. The maximum Gasteiger partial charge on any atom is 0.336 e. The number of hydrogen-bond donors (Lipinski definition) is 1. The Bertz CT molecular complexity index is 804. The standard InChI is InChI=1S/C17H19NO5/c1-3-11-6-16(21)23-14-5-10(2)4-13(17(11)14)22-9-15(20)18-7-12(19)8-18/h4-6,12,19H,3,7-9H2,1-2H3. The summed E-state index contributed by atoms with van der Waals surface area (Å²) in [4.78, 5) is 25.2. The zero-order chi connectivity index (χ0) is 16.6. The minimum absolute atomic E-state index is 0.104. The van der Waals surface area contributed by atoms with Crippen molar-refractivity contribution in [1.82, 2.24) is 4.90 Å². The van der Waals surface area contributed by atoms with Gasteiger partial charge in [-0.15, -0.1) is 0 Å². The third-order valence-corrected chi connectivity index (χ3v) is 3.98. The van der Waals surface area contributed by atoms with Crippen LogP contribution in [-0.4, -0.2) is 41.7 Å². The second-order valence-corrected chi connectivity index (χ2v) is 5.82. The number of rotatable bonds is 4. The van der Waals surface area contributed by atoms with Crippen molar-refractivity contribution in [2.45, 2.75) is 26.4 Å². The number of benzene rings is 1. The summed E-state index contributed by atoms with van der Waals surface area (Å²) in [6.07, 6.45) is 0.230. The molecular weight excluding hydrogens is 298 g/mol. The molecule has 23 heavy (non-hydrogen) atoms. The molecule has 122 valence electrons. The fourth-order valence-corrected chi connectivity index (χ4v) is 2.75. The van der Waals surface area contributed by atoms with Crippen molar-refractivity contribution in [2.75, 3.05) is 19.7 Å². The lowest BCUT2D eigenvalue weighted by molar-refractivity contribution is -0.143. The predicted octanol–water partition coefficient (Wildman–Crippen LogP) is 1.25. The van der Waals surface area contributed by atoms with Crippen LogP contribution in [0.1, 0.15) is 18.1 Å². The molecule has 0 radical (unpaired) electrons. The summed E-state index contributed by atoms with van der Waals surface area (Å²) in [6.45, 7) is 4.42. The van der Waals surface area contributed by atoms with E-state index in [1.807, 2.05) is 19.9 Å². The van der Waals surface area contributed by atoms with E-state index in [2.05, 4.69) is 0 Å². The van der Waals surface area contributed by atoms with Crippen LogP contribution >= 0.6 is 0 Å². The Morgan fingerprint density at radius 3 is 2.78 bits per heavy atom. The molecule has 0 aliphatic carbocycles. The van der Waals surface area contributed by atoms with Crippen molar-refractivity contribution in [3.63, 3.8) is 0 Å². The van der Waals surface area contributed by atoms with Crippen LogP contribution in [0.2, 0.25) is 0 Å². The fourth-order valence-electron chi connectivity index (χ4n) is 2.75. The van der Waals surface area contributed by atoms with Gasteiger partial charge in [-0.25, -0.2) is 4.79 Å². The second-order valence-electron chi connectivity index (χ2n) is 5.82. The van der Waals surface area contributed by atoms with Gasteiger partial charge in [-0.2, -0.15) is 0 Å². The molecule has 1 fully saturated rings. The molecule has 6 heteroatoms. The number of aliphatic hydroxyl groups is 1. The summed E-state index contributed by atoms with van der Waals surface area (Å²) in [6, 6.07) is 5.08. The molecule has 0 unspecified atom stereocenters. The number of fused-ring (bicyclic) bond motifs is 1. The molecule has 2 aromatic rings. The molecule has 3 rings (SSSR count). The lowest BCUT2D eigenvalue weighted by Crippen LogP contribution is -2.54. The molecule has 1 aliphatic heterocycles. The van der Waals surface area contributed by atoms with Crippen LogP contribution in [0, 0.1) is 6.92 Å². The fraction of sp³-hybridized carbons (Fsp3) is 0.412. The van der Waals surface area contributed by atoms with Crippen LogP contribution in [0.15, 0.2) is 27.4 Å². The number of ether oxygens (including phenoxy) is 1. The van der Waals surface area contributed by atoms with Gasteiger partial charge in [-0.1, -0.05) is 6.92 Å². The number of carbonyl (C=O) groups is 1. The first-order chi connectivity index (χ1) is 11.0. The molecule has 6 nitrogen and oxygen atoms in total. The van der Waals surface area contributed by atoms with Crippen LogP contribution in [0.3, 0.4) is 0 Å². The van der Waals surface area contributed by atoms with Crippen molar-refractivity contribution in [2.24, 2.45) is 0 Å². The highest BCUT2D eigenvalue weighted by Crippen LogP contribution is 2.30. The minimum atomic E-state index is -0.431. The number of likely N-dealkylation sites (tertiary alicyclic amines) is 1. The Morgan fingerprint density at radius 1 is 1.39 bits per heavy atom. The molecule has 0 atom stereocenters. The van der Waals surface area contributed by atoms with Gasteiger partial charge in [0.2, 0.25) is 0 Å². The molecule has 0 saturated carbocycles. The largest absolute Gasteiger partial charge is 0.483 e. The molecule has 1 amide bonds. The number of β-amino-alcohol motifs (C(OH)–C–C–N with tert-alkyl or cyclic N) is 1. The van der Waals surface area contributed by atoms with E-state index in [9.17, 15) is 14.7 Å². The first-order valence-electron chi connectivity index (χ1n) is 7.64. The zero-order valence-electron chi connectivity index (χ0n) is 13.2. The Balaban J connectivity index is 1.90. The van der Waals surface area contributed by atoms with Crippen molar-refractivity contribution in [3.8, 4) is 5.75 Å². The molecule has 1 N–H and O–H groups in total. The van der Waals surface area contributed by atoms with E-state index in [0.29, 0.717) is 30.8 Å². The van der Waals surface area contributed by atoms with Crippen molar-refractivity contribution < 1.29 is 19.1 Å². The monoisotopic (exact) mass is 317 g/mol. The quantitative estimate of drug-likeness (QED) is 0.858. The SMILES string of the molecule is CCc1cc(=O)oc2cc(C)cc(OCC(=O)N3CC(O)C3)c12. The summed E-state index contributed by atoms with van der Waals surface area (Å²) in [5.41, 5.74) is 1.79. The normalized spacial score (nSPS) is 14.8. The van der Waals surface area contributed by atoms with Crippen molar-refractivity contribution in [3.05, 3.63) is 39.7 Å². The van der Waals surface area contributed by atoms with E-state index in [0.717, 1.165) is 16.5 Å². The van der Waals surface area contributed by atoms with E-state index < -0.39 is 11.7 Å². The van der Waals surface area contributed by atoms with E-state index in [4.69, 9.17) is 9.15 Å². The number of aliphatic hydroxyl groups excluding tert-OH is 1. The number of aryl methyl sites for hydroxylation is 2. The third kappa shape index (κ3) is 3.07. The Hall–Kier alpha value is -2.34. The minimum Gasteiger partial charge on any atom is -0.483 e. The molecule has 0 spiro atoms. The van der Waals surface area contributed by atoms with Gasteiger partial charge in [-0.05, 0) is 36.6 Å². The highest BCUT2D eigenvalue weighted by atomic mass is 16.5. The molecule has 1 saturated heterocycles. The van der Waals surface area contributed by atoms with E-state index in [1.54, 1.807) is 11.0 Å². The topological polar surface area (TPSA) is 80.0 Å². The third-order valence-electron chi connectivity index (χ3n) is 3.98. The van der Waals surface area contributed by atoms with Crippen molar-refractivity contribution in [1.29, 1.82) is 0 Å². The Morgan fingerprint density at radius 2 is 2.13 bits per heavy atom. The van der Waals surface area contributed by atoms with E-state index in [-0.39, 0.29) is 12.5 Å². The van der Waals surface area contributed by atoms with Crippen LogP contribution in [0.5, 0.6) is 5.75 Å². The summed E-state index contributed by atoms with van der Waals surface area (Å²) in [7, 11) is 0. The number of amides is 1. The molecular formula is C17H19NO5. The number of carbonyl (C=O) groups excluding carboxylic acids is 1. The Labute approximate surface area is 133 Å². The summed E-state index contributed by atoms with van der Waals surface area (Å²) in [5, 5.41) is 9.98. The van der Waals surface area contributed by atoms with Gasteiger partial charge < -0.3 is 19.2 Å². The molecule has 1 aromatic heterocycles. The highest BCUT2D eigenvalue weighted by Gasteiger charge is 2.29. The maximum absolute atomic E-state index is 12.0. The molecule has 1 aromatic carbocycles. The van der Waals surface area contributed by atoms with Gasteiger partial charge in [0.05, 0.1) is 11.5 Å². The van der Waals surface area contributed by atoms with Gasteiger partial charge in [0.15, 0.2) is 6.61 Å². The van der Waals surface area contributed by atoms with Gasteiger partial charge in [-0.3, -0.25) is 4.79 Å². The van der Waals surface area contributed by atoms with Crippen molar-refractivity contribution >= 4 is 16.9 Å². The van der Waals surface area contributed by atoms with Crippen LogP contribution in [0.25, 0.3) is 11.0 Å². The number of hydrogen-bond acceptors (Lipinski definition) is 5. The van der Waals surface area contributed by atoms with Gasteiger partial charge in [0, 0.05) is 19.2 Å². The van der Waals surface area contributed by atoms with E-state index >= 15 is 0 Å². The van der Waals surface area contributed by atoms with Crippen LogP contribution in [0.4, 0.5) is 0 Å². The van der Waals surface area contributed by atoms with Crippen LogP contribution in [-0.2, 0) is 11.2 Å². The summed E-state index contributed by atoms with van der Waals surface area (Å²) in [5.74, 6) is 0.371. The lowest BCUT2D eigenvalue weighted by atomic mass is 10.1. The zero-order valence-corrected chi connectivity index (χ0v) is 13.2. The summed E-state index contributed by atoms with van der Waals surface area (Å²) >= 11 is 0. The molecule has 2 heterocycles. The number of nitrogens with zero attached hydrogens (tertiary/aromatic N) is 1. The first kappa shape index (κ1) is 15.6. The van der Waals surface area contributed by atoms with Crippen LogP contribution < -0.4 is 10.4 Å². The predicted molar refractivity (Wildman–Crippen MR) is 84.7 cm³/mol.